The Morgan fingerprint density at radius 1 is 0.580 bits per heavy atom. The number of nitrogens with zero attached hydrogens (tertiary/aromatic N) is 1. The lowest BCUT2D eigenvalue weighted by atomic mass is 9.95. The van der Waals surface area contributed by atoms with E-state index in [4.69, 9.17) is 4.42 Å². The summed E-state index contributed by atoms with van der Waals surface area (Å²) in [6, 6.07) is 53.2. The highest BCUT2D eigenvalue weighted by Gasteiger charge is 2.20. The highest BCUT2D eigenvalue weighted by Crippen LogP contribution is 2.36. The molecule has 1 atom stereocenters. The fraction of sp³-hybridized carbons (Fsp3) is 0.0417. The van der Waals surface area contributed by atoms with E-state index in [1.54, 1.807) is 0 Å². The molecular weight excluding hydrogens is 607 g/mol. The minimum atomic E-state index is 0.157. The van der Waals surface area contributed by atoms with Gasteiger partial charge >= 0.3 is 0 Å². The highest BCUT2D eigenvalue weighted by atomic mass is 16.3. The summed E-state index contributed by atoms with van der Waals surface area (Å²) < 4.78 is 6.20. The second-order valence-electron chi connectivity index (χ2n) is 12.7. The van der Waals surface area contributed by atoms with Crippen molar-refractivity contribution in [3.05, 3.63) is 212 Å². The molecule has 6 aromatic carbocycles. The number of para-hydroxylation sites is 1. The molecular formula is C48H37NO. The second kappa shape index (κ2) is 13.6. The lowest BCUT2D eigenvalue weighted by Gasteiger charge is -2.33. The summed E-state index contributed by atoms with van der Waals surface area (Å²) in [5.41, 5.74) is 13.0. The first-order chi connectivity index (χ1) is 24.6. The van der Waals surface area contributed by atoms with Crippen LogP contribution in [0.4, 0.5) is 5.69 Å². The van der Waals surface area contributed by atoms with Crippen LogP contribution in [0.3, 0.4) is 0 Å². The van der Waals surface area contributed by atoms with Crippen molar-refractivity contribution in [2.45, 2.75) is 12.5 Å². The van der Waals surface area contributed by atoms with Crippen LogP contribution in [-0.2, 0) is 0 Å². The third-order valence-corrected chi connectivity index (χ3v) is 9.50. The molecule has 0 aliphatic heterocycles. The quantitative estimate of drug-likeness (QED) is 0.146. The van der Waals surface area contributed by atoms with Gasteiger partial charge in [-0.2, -0.15) is 0 Å². The van der Waals surface area contributed by atoms with E-state index >= 15 is 0 Å². The van der Waals surface area contributed by atoms with E-state index in [9.17, 15) is 0 Å². The molecule has 1 aliphatic carbocycles. The standard InChI is InChI=1S/C48H37NO/c1-34(18-19-35(2)49(43-16-10-5-11-17-43)44-28-24-39(25-29-44)37-12-6-3-7-13-37)36-20-22-40(23-21-36)42-27-31-48-46(33-42)45-32-41(26-30-47(45)50-48)38-14-8-4-9-15-38/h3-28,30-33,44H,1-2,29H2/b19-18-. The first-order valence-corrected chi connectivity index (χ1v) is 17.1. The van der Waals surface area contributed by atoms with Crippen molar-refractivity contribution in [1.82, 2.24) is 0 Å². The number of allylic oxidation sites excluding steroid dienone is 5. The van der Waals surface area contributed by atoms with Crippen LogP contribution in [0.25, 0.3) is 55.3 Å². The fourth-order valence-corrected chi connectivity index (χ4v) is 6.82. The molecule has 1 aromatic heterocycles. The third kappa shape index (κ3) is 6.27. The number of hydrogen-bond acceptors (Lipinski definition) is 2. The van der Waals surface area contributed by atoms with Crippen LogP contribution in [0, 0.1) is 0 Å². The summed E-state index contributed by atoms with van der Waals surface area (Å²) in [6.07, 6.45) is 11.9. The molecule has 0 radical (unpaired) electrons. The van der Waals surface area contributed by atoms with E-state index in [1.165, 1.54) is 22.3 Å². The largest absolute Gasteiger partial charge is 0.456 e. The van der Waals surface area contributed by atoms with Crippen LogP contribution in [0.1, 0.15) is 17.5 Å². The summed E-state index contributed by atoms with van der Waals surface area (Å²) in [5, 5.41) is 2.24. The molecule has 0 bridgehead atoms. The predicted molar refractivity (Wildman–Crippen MR) is 213 cm³/mol. The SMILES string of the molecule is C=C(/C=C\C(=C)N(c1ccccc1)C1C=CC(c2ccccc2)=CC1)c1ccc(-c2ccc3oc4ccc(-c5ccccc5)cc4c3c2)cc1. The van der Waals surface area contributed by atoms with Crippen LogP contribution in [0.5, 0.6) is 0 Å². The van der Waals surface area contributed by atoms with Crippen LogP contribution in [0.15, 0.2) is 205 Å². The summed E-state index contributed by atoms with van der Waals surface area (Å²) in [4.78, 5) is 2.31. The van der Waals surface area contributed by atoms with Gasteiger partial charge in [-0.3, -0.25) is 0 Å². The zero-order valence-electron chi connectivity index (χ0n) is 27.9. The minimum Gasteiger partial charge on any atom is -0.456 e. The average molecular weight is 644 g/mol. The zero-order chi connectivity index (χ0) is 33.9. The lowest BCUT2D eigenvalue weighted by molar-refractivity contribution is 0.669. The van der Waals surface area contributed by atoms with E-state index in [2.05, 4.69) is 188 Å². The molecule has 0 fully saturated rings. The third-order valence-electron chi connectivity index (χ3n) is 9.50. The Morgan fingerprint density at radius 2 is 1.12 bits per heavy atom. The van der Waals surface area contributed by atoms with Crippen molar-refractivity contribution in [2.75, 3.05) is 4.90 Å². The van der Waals surface area contributed by atoms with Crippen molar-refractivity contribution in [3.63, 3.8) is 0 Å². The van der Waals surface area contributed by atoms with Gasteiger partial charge in [0.15, 0.2) is 0 Å². The molecule has 240 valence electrons. The first kappa shape index (κ1) is 30.9. The van der Waals surface area contributed by atoms with Crippen LogP contribution in [-0.4, -0.2) is 6.04 Å². The van der Waals surface area contributed by atoms with E-state index in [1.807, 2.05) is 12.1 Å². The Hall–Kier alpha value is -6.38. The molecule has 1 unspecified atom stereocenters. The summed E-state index contributed by atoms with van der Waals surface area (Å²) in [5.74, 6) is 0. The molecule has 50 heavy (non-hydrogen) atoms. The maximum absolute atomic E-state index is 6.20. The smallest absolute Gasteiger partial charge is 0.135 e. The summed E-state index contributed by atoms with van der Waals surface area (Å²) in [6.45, 7) is 8.91. The van der Waals surface area contributed by atoms with Crippen molar-refractivity contribution >= 4 is 38.8 Å². The van der Waals surface area contributed by atoms with Crippen molar-refractivity contribution < 1.29 is 4.42 Å². The second-order valence-corrected chi connectivity index (χ2v) is 12.7. The number of rotatable bonds is 9. The molecule has 8 rings (SSSR count). The van der Waals surface area contributed by atoms with Crippen LogP contribution < -0.4 is 4.90 Å². The van der Waals surface area contributed by atoms with Gasteiger partial charge < -0.3 is 9.32 Å². The maximum atomic E-state index is 6.20. The molecule has 2 nitrogen and oxygen atoms in total. The van der Waals surface area contributed by atoms with E-state index in [0.29, 0.717) is 0 Å². The van der Waals surface area contributed by atoms with Gasteiger partial charge in [0.25, 0.3) is 0 Å². The monoisotopic (exact) mass is 643 g/mol. The normalized spacial score (nSPS) is 14.2. The Balaban J connectivity index is 1.00. The van der Waals surface area contributed by atoms with Gasteiger partial charge in [-0.25, -0.2) is 0 Å². The van der Waals surface area contributed by atoms with E-state index in [-0.39, 0.29) is 6.04 Å². The Kier molecular flexibility index (Phi) is 8.42. The lowest BCUT2D eigenvalue weighted by Crippen LogP contribution is -2.32. The van der Waals surface area contributed by atoms with Crippen LogP contribution >= 0.6 is 0 Å². The molecule has 0 saturated heterocycles. The topological polar surface area (TPSA) is 16.4 Å². The molecule has 0 amide bonds. The van der Waals surface area contributed by atoms with Crippen molar-refractivity contribution in [3.8, 4) is 22.3 Å². The van der Waals surface area contributed by atoms with Gasteiger partial charge in [-0.15, -0.1) is 0 Å². The van der Waals surface area contributed by atoms with Crippen LogP contribution in [0.2, 0.25) is 0 Å². The number of anilines is 1. The van der Waals surface area contributed by atoms with Gasteiger partial charge in [0.2, 0.25) is 0 Å². The van der Waals surface area contributed by atoms with Gasteiger partial charge in [0.1, 0.15) is 11.2 Å². The molecule has 1 heterocycles. The maximum Gasteiger partial charge on any atom is 0.135 e. The summed E-state index contributed by atoms with van der Waals surface area (Å²) in [7, 11) is 0. The summed E-state index contributed by atoms with van der Waals surface area (Å²) >= 11 is 0. The van der Waals surface area contributed by atoms with Crippen molar-refractivity contribution in [2.24, 2.45) is 0 Å². The first-order valence-electron chi connectivity index (χ1n) is 17.1. The molecule has 0 spiro atoms. The van der Waals surface area contributed by atoms with Gasteiger partial charge in [-0.05, 0) is 93.4 Å². The highest BCUT2D eigenvalue weighted by molar-refractivity contribution is 6.07. The minimum absolute atomic E-state index is 0.157. The number of benzene rings is 6. The van der Waals surface area contributed by atoms with E-state index in [0.717, 1.165) is 62.0 Å². The Bertz CT molecular complexity index is 2410. The fourth-order valence-electron chi connectivity index (χ4n) is 6.82. The molecule has 2 heteroatoms. The molecule has 0 saturated carbocycles. The zero-order valence-corrected chi connectivity index (χ0v) is 27.9. The van der Waals surface area contributed by atoms with Crippen molar-refractivity contribution in [1.29, 1.82) is 0 Å². The van der Waals surface area contributed by atoms with Gasteiger partial charge in [-0.1, -0.05) is 153 Å². The van der Waals surface area contributed by atoms with Gasteiger partial charge in [0.05, 0.1) is 6.04 Å². The average Bonchev–Trinajstić information content (AvgIpc) is 3.56. The number of fused-ring (bicyclic) bond motifs is 3. The number of hydrogen-bond donors (Lipinski definition) is 0. The molecule has 0 N–H and O–H groups in total. The number of furan rings is 1. The Morgan fingerprint density at radius 3 is 1.70 bits per heavy atom. The van der Waals surface area contributed by atoms with Gasteiger partial charge in [0, 0.05) is 22.2 Å². The molecule has 1 aliphatic rings. The van der Waals surface area contributed by atoms with E-state index < -0.39 is 0 Å². The molecule has 7 aromatic rings. The predicted octanol–water partition coefficient (Wildman–Crippen LogP) is 12.9. The Labute approximate surface area is 294 Å².